The third-order valence-electron chi connectivity index (χ3n) is 3.64. The van der Waals surface area contributed by atoms with Crippen LogP contribution < -0.4 is 14.9 Å². The smallest absolute Gasteiger partial charge is 0.240 e. The molecule has 0 spiro atoms. The minimum absolute atomic E-state index is 0.180. The Balaban J connectivity index is 1.82. The fourth-order valence-corrected chi connectivity index (χ4v) is 2.28. The summed E-state index contributed by atoms with van der Waals surface area (Å²) in [4.78, 5) is 11.8. The molecule has 2 N–H and O–H groups in total. The lowest BCUT2D eigenvalue weighted by atomic mass is 10.1. The average molecular weight is 342 g/mol. The summed E-state index contributed by atoms with van der Waals surface area (Å²) in [5.41, 5.74) is 4.01. The number of rotatable bonds is 8. The lowest BCUT2D eigenvalue weighted by Gasteiger charge is -2.09. The summed E-state index contributed by atoms with van der Waals surface area (Å²) >= 11 is 0. The maximum atomic E-state index is 11.8. The van der Waals surface area contributed by atoms with Crippen LogP contribution in [0.3, 0.4) is 0 Å². The summed E-state index contributed by atoms with van der Waals surface area (Å²) < 4.78 is 10.4. The van der Waals surface area contributed by atoms with Crippen LogP contribution in [-0.4, -0.2) is 31.4 Å². The number of methoxy groups -OCH3 is 2. The molecule has 0 saturated carbocycles. The molecule has 0 aliphatic carbocycles. The Kier molecular flexibility index (Phi) is 6.98. The van der Waals surface area contributed by atoms with Crippen molar-refractivity contribution in [2.75, 3.05) is 14.2 Å². The fraction of sp³-hybridized carbons (Fsp3) is 0.263. The van der Waals surface area contributed by atoms with Crippen LogP contribution in [0.15, 0.2) is 53.6 Å². The maximum Gasteiger partial charge on any atom is 0.240 e. The molecule has 0 fully saturated rings. The Morgan fingerprint density at radius 2 is 1.88 bits per heavy atom. The Labute approximate surface area is 147 Å². The third-order valence-corrected chi connectivity index (χ3v) is 3.64. The Hall–Kier alpha value is -2.86. The largest absolute Gasteiger partial charge is 0.493 e. The zero-order valence-corrected chi connectivity index (χ0v) is 14.3. The van der Waals surface area contributed by atoms with E-state index in [0.29, 0.717) is 17.9 Å². The van der Waals surface area contributed by atoms with E-state index in [1.807, 2.05) is 30.3 Å². The number of amides is 1. The number of aliphatic hydroxyl groups excluding tert-OH is 1. The van der Waals surface area contributed by atoms with E-state index in [-0.39, 0.29) is 12.3 Å². The summed E-state index contributed by atoms with van der Waals surface area (Å²) in [6.45, 7) is 0. The van der Waals surface area contributed by atoms with Gasteiger partial charge >= 0.3 is 0 Å². The summed E-state index contributed by atoms with van der Waals surface area (Å²) in [6, 6.07) is 14.6. The van der Waals surface area contributed by atoms with E-state index in [1.54, 1.807) is 32.4 Å². The van der Waals surface area contributed by atoms with Crippen LogP contribution in [-0.2, 0) is 4.79 Å². The minimum Gasteiger partial charge on any atom is -0.493 e. The first-order valence-electron chi connectivity index (χ1n) is 7.91. The van der Waals surface area contributed by atoms with Gasteiger partial charge in [0.25, 0.3) is 0 Å². The Morgan fingerprint density at radius 1 is 1.16 bits per heavy atom. The summed E-state index contributed by atoms with van der Waals surface area (Å²) in [5, 5.41) is 14.0. The van der Waals surface area contributed by atoms with Crippen molar-refractivity contribution in [2.24, 2.45) is 5.10 Å². The third kappa shape index (κ3) is 5.61. The van der Waals surface area contributed by atoms with Crippen molar-refractivity contribution in [1.29, 1.82) is 0 Å². The van der Waals surface area contributed by atoms with Gasteiger partial charge in [0.2, 0.25) is 5.91 Å². The number of nitrogens with one attached hydrogen (secondary N) is 1. The molecule has 0 radical (unpaired) electrons. The highest BCUT2D eigenvalue weighted by atomic mass is 16.5. The standard InChI is InChI=1S/C19H22N2O4/c1-24-17-10-8-14(12-18(17)25-2)13-20-21-19(23)11-9-16(22)15-6-4-3-5-7-15/h3-8,10,12-13,16,22H,9,11H2,1-2H3,(H,21,23)/b20-13-/t16-/m1/s1. The second-order valence-electron chi connectivity index (χ2n) is 5.37. The van der Waals surface area contributed by atoms with E-state index in [0.717, 1.165) is 11.1 Å². The van der Waals surface area contributed by atoms with Crippen molar-refractivity contribution >= 4 is 12.1 Å². The fourth-order valence-electron chi connectivity index (χ4n) is 2.28. The van der Waals surface area contributed by atoms with E-state index in [9.17, 15) is 9.90 Å². The van der Waals surface area contributed by atoms with E-state index >= 15 is 0 Å². The van der Waals surface area contributed by atoms with Gasteiger partial charge in [-0.15, -0.1) is 0 Å². The molecule has 6 nitrogen and oxygen atoms in total. The molecule has 2 rings (SSSR count). The zero-order valence-electron chi connectivity index (χ0n) is 14.3. The molecule has 1 atom stereocenters. The van der Waals surface area contributed by atoms with Gasteiger partial charge in [-0.05, 0) is 35.7 Å². The number of carbonyl (C=O) groups is 1. The number of ether oxygens (including phenoxy) is 2. The maximum absolute atomic E-state index is 11.8. The van der Waals surface area contributed by atoms with E-state index in [4.69, 9.17) is 9.47 Å². The van der Waals surface area contributed by atoms with Crippen molar-refractivity contribution in [3.63, 3.8) is 0 Å². The molecular formula is C19H22N2O4. The van der Waals surface area contributed by atoms with Gasteiger partial charge in [-0.2, -0.15) is 5.10 Å². The second-order valence-corrected chi connectivity index (χ2v) is 5.37. The van der Waals surface area contributed by atoms with Crippen LogP contribution in [0.1, 0.15) is 30.1 Å². The number of aliphatic hydroxyl groups is 1. The van der Waals surface area contributed by atoms with Gasteiger partial charge in [-0.25, -0.2) is 5.43 Å². The molecule has 0 saturated heterocycles. The molecule has 25 heavy (non-hydrogen) atoms. The molecule has 6 heteroatoms. The number of nitrogens with zero attached hydrogens (tertiary/aromatic N) is 1. The lowest BCUT2D eigenvalue weighted by molar-refractivity contribution is -0.121. The van der Waals surface area contributed by atoms with Gasteiger partial charge in [0.15, 0.2) is 11.5 Å². The molecule has 0 aliphatic heterocycles. The van der Waals surface area contributed by atoms with E-state index < -0.39 is 6.10 Å². The first-order chi connectivity index (χ1) is 12.1. The SMILES string of the molecule is COc1ccc(/C=N\NC(=O)CC[C@@H](O)c2ccccc2)cc1OC. The van der Waals surface area contributed by atoms with Crippen LogP contribution in [0.4, 0.5) is 0 Å². The second kappa shape index (κ2) is 9.44. The van der Waals surface area contributed by atoms with E-state index in [1.165, 1.54) is 6.21 Å². The summed E-state index contributed by atoms with van der Waals surface area (Å²) in [5.74, 6) is 0.953. The van der Waals surface area contributed by atoms with Crippen LogP contribution in [0.5, 0.6) is 11.5 Å². The molecule has 0 unspecified atom stereocenters. The Morgan fingerprint density at radius 3 is 2.56 bits per heavy atom. The van der Waals surface area contributed by atoms with Gasteiger partial charge in [-0.1, -0.05) is 30.3 Å². The predicted molar refractivity (Wildman–Crippen MR) is 95.9 cm³/mol. The number of hydrazone groups is 1. The first-order valence-corrected chi connectivity index (χ1v) is 7.91. The van der Waals surface area contributed by atoms with Gasteiger partial charge < -0.3 is 14.6 Å². The van der Waals surface area contributed by atoms with Crippen molar-refractivity contribution in [3.05, 3.63) is 59.7 Å². The van der Waals surface area contributed by atoms with Gasteiger partial charge in [0, 0.05) is 6.42 Å². The topological polar surface area (TPSA) is 80.2 Å². The first kappa shape index (κ1) is 18.5. The minimum atomic E-state index is -0.665. The monoisotopic (exact) mass is 342 g/mol. The molecule has 132 valence electrons. The van der Waals surface area contributed by atoms with Crippen molar-refractivity contribution in [1.82, 2.24) is 5.43 Å². The quantitative estimate of drug-likeness (QED) is 0.571. The predicted octanol–water partition coefficient (Wildman–Crippen LogP) is 2.67. The average Bonchev–Trinajstić information content (AvgIpc) is 2.66. The molecule has 0 heterocycles. The molecule has 0 aliphatic rings. The van der Waals surface area contributed by atoms with Crippen molar-refractivity contribution in [2.45, 2.75) is 18.9 Å². The number of benzene rings is 2. The number of carbonyl (C=O) groups excluding carboxylic acids is 1. The van der Waals surface area contributed by atoms with Crippen molar-refractivity contribution < 1.29 is 19.4 Å². The van der Waals surface area contributed by atoms with E-state index in [2.05, 4.69) is 10.5 Å². The van der Waals surface area contributed by atoms with Gasteiger partial charge in [0.1, 0.15) is 0 Å². The highest BCUT2D eigenvalue weighted by Crippen LogP contribution is 2.26. The highest BCUT2D eigenvalue weighted by Gasteiger charge is 2.09. The molecule has 2 aromatic rings. The molecule has 0 bridgehead atoms. The lowest BCUT2D eigenvalue weighted by Crippen LogP contribution is -2.18. The highest BCUT2D eigenvalue weighted by molar-refractivity contribution is 5.83. The molecule has 1 amide bonds. The van der Waals surface area contributed by atoms with Gasteiger partial charge in [0.05, 0.1) is 26.5 Å². The zero-order chi connectivity index (χ0) is 18.1. The summed E-state index contributed by atoms with van der Waals surface area (Å²) in [7, 11) is 3.12. The van der Waals surface area contributed by atoms with Crippen LogP contribution in [0.2, 0.25) is 0 Å². The number of hydrogen-bond donors (Lipinski definition) is 2. The van der Waals surface area contributed by atoms with Crippen LogP contribution >= 0.6 is 0 Å². The number of hydrogen-bond acceptors (Lipinski definition) is 5. The van der Waals surface area contributed by atoms with Crippen molar-refractivity contribution in [3.8, 4) is 11.5 Å². The normalized spacial score (nSPS) is 12.0. The summed E-state index contributed by atoms with van der Waals surface area (Å²) in [6.07, 6.45) is 1.37. The Bertz CT molecular complexity index is 717. The molecule has 0 aromatic heterocycles. The van der Waals surface area contributed by atoms with Crippen LogP contribution in [0, 0.1) is 0 Å². The molecular weight excluding hydrogens is 320 g/mol. The van der Waals surface area contributed by atoms with Gasteiger partial charge in [-0.3, -0.25) is 4.79 Å². The van der Waals surface area contributed by atoms with Crippen LogP contribution in [0.25, 0.3) is 0 Å². The molecule has 2 aromatic carbocycles.